The summed E-state index contributed by atoms with van der Waals surface area (Å²) in [6.45, 7) is 2.04. The minimum absolute atomic E-state index is 0.0544. The van der Waals surface area contributed by atoms with E-state index >= 15 is 0 Å². The highest BCUT2D eigenvalue weighted by molar-refractivity contribution is 5.95. The molecule has 1 rings (SSSR count). The Morgan fingerprint density at radius 1 is 1.50 bits per heavy atom. The number of Topliss-reactive ketones (excluding diaryl/α,β-unsaturated/α-hetero) is 1. The van der Waals surface area contributed by atoms with Crippen LogP contribution in [0.2, 0.25) is 0 Å². The Bertz CT molecular complexity index is 308. The van der Waals surface area contributed by atoms with Gasteiger partial charge in [-0.15, -0.1) is 0 Å². The molecule has 1 aromatic heterocycles. The minimum Gasteiger partial charge on any atom is -0.466 e. The molecule has 0 aliphatic rings. The molecule has 0 saturated carbocycles. The van der Waals surface area contributed by atoms with Gasteiger partial charge in [-0.1, -0.05) is 0 Å². The van der Waals surface area contributed by atoms with Crippen LogP contribution in [0, 0.1) is 0 Å². The van der Waals surface area contributed by atoms with Crippen molar-refractivity contribution >= 4 is 11.8 Å². The second-order valence-corrected chi connectivity index (χ2v) is 2.61. The summed E-state index contributed by atoms with van der Waals surface area (Å²) in [5.41, 5.74) is 0. The number of ketones is 1. The molecule has 0 unspecified atom stereocenters. The molecule has 0 N–H and O–H groups in total. The molecule has 6 nitrogen and oxygen atoms in total. The van der Waals surface area contributed by atoms with Crippen LogP contribution >= 0.6 is 0 Å². The zero-order valence-electron chi connectivity index (χ0n) is 7.84. The van der Waals surface area contributed by atoms with Crippen LogP contribution in [-0.2, 0) is 20.9 Å². The summed E-state index contributed by atoms with van der Waals surface area (Å²) < 4.78 is 5.99. The van der Waals surface area contributed by atoms with E-state index in [0.717, 1.165) is 0 Å². The summed E-state index contributed by atoms with van der Waals surface area (Å²) in [5, 5.41) is 3.74. The summed E-state index contributed by atoms with van der Waals surface area (Å²) in [6, 6.07) is 0. The van der Waals surface area contributed by atoms with Crippen molar-refractivity contribution in [2.75, 3.05) is 6.61 Å². The third kappa shape index (κ3) is 3.34. The van der Waals surface area contributed by atoms with Crippen LogP contribution in [0.3, 0.4) is 0 Å². The largest absolute Gasteiger partial charge is 0.466 e. The average molecular weight is 197 g/mol. The third-order valence-corrected chi connectivity index (χ3v) is 1.45. The van der Waals surface area contributed by atoms with E-state index in [0.29, 0.717) is 0 Å². The molecule has 6 heteroatoms. The van der Waals surface area contributed by atoms with E-state index in [4.69, 9.17) is 0 Å². The number of hydrogen-bond acceptors (Lipinski definition) is 5. The topological polar surface area (TPSA) is 74.1 Å². The molecule has 0 fully saturated rings. The van der Waals surface area contributed by atoms with Gasteiger partial charge >= 0.3 is 5.97 Å². The number of carbonyl (C=O) groups is 2. The van der Waals surface area contributed by atoms with Crippen LogP contribution in [-0.4, -0.2) is 33.1 Å². The van der Waals surface area contributed by atoms with Crippen LogP contribution in [0.5, 0.6) is 0 Å². The maximum atomic E-state index is 11.2. The number of rotatable bonds is 5. The summed E-state index contributed by atoms with van der Waals surface area (Å²) in [7, 11) is 0. The fourth-order valence-electron chi connectivity index (χ4n) is 0.924. The lowest BCUT2D eigenvalue weighted by Gasteiger charge is -2.00. The van der Waals surface area contributed by atoms with Crippen molar-refractivity contribution in [1.82, 2.24) is 14.8 Å². The monoisotopic (exact) mass is 197 g/mol. The van der Waals surface area contributed by atoms with Crippen molar-refractivity contribution < 1.29 is 14.3 Å². The predicted molar refractivity (Wildman–Crippen MR) is 46.3 cm³/mol. The molecule has 0 amide bonds. The molecule has 0 atom stereocenters. The average Bonchev–Trinajstić information content (AvgIpc) is 2.56. The molecular weight excluding hydrogens is 186 g/mol. The molecule has 0 radical (unpaired) electrons. The Labute approximate surface area is 80.9 Å². The van der Waals surface area contributed by atoms with Crippen molar-refractivity contribution in [3.63, 3.8) is 0 Å². The van der Waals surface area contributed by atoms with Gasteiger partial charge in [-0.2, -0.15) is 5.10 Å². The SMILES string of the molecule is CCOC(=O)CC(=O)Cn1cncn1. The fraction of sp³-hybridized carbons (Fsp3) is 0.500. The maximum absolute atomic E-state index is 11.2. The Kier molecular flexibility index (Phi) is 3.78. The van der Waals surface area contributed by atoms with Gasteiger partial charge in [-0.05, 0) is 6.92 Å². The molecule has 1 aromatic rings. The van der Waals surface area contributed by atoms with E-state index in [9.17, 15) is 9.59 Å². The molecule has 76 valence electrons. The standard InChI is InChI=1S/C8H11N3O3/c1-2-14-8(13)3-7(12)4-11-6-9-5-10-11/h5-6H,2-4H2,1H3. The van der Waals surface area contributed by atoms with Crippen molar-refractivity contribution in [2.24, 2.45) is 0 Å². The number of carbonyl (C=O) groups excluding carboxylic acids is 2. The van der Waals surface area contributed by atoms with Gasteiger partial charge in [-0.3, -0.25) is 9.59 Å². The molecular formula is C8H11N3O3. The Morgan fingerprint density at radius 3 is 2.86 bits per heavy atom. The predicted octanol–water partition coefficient (Wildman–Crippen LogP) is -0.200. The Balaban J connectivity index is 2.33. The molecule has 0 aromatic carbocycles. The number of ether oxygens (including phenoxy) is 1. The number of hydrogen-bond donors (Lipinski definition) is 0. The van der Waals surface area contributed by atoms with E-state index in [1.807, 2.05) is 0 Å². The molecule has 0 bridgehead atoms. The highest BCUT2D eigenvalue weighted by Crippen LogP contribution is 1.91. The number of nitrogens with zero attached hydrogens (tertiary/aromatic N) is 3. The number of aromatic nitrogens is 3. The van der Waals surface area contributed by atoms with Crippen LogP contribution in [0.15, 0.2) is 12.7 Å². The molecule has 14 heavy (non-hydrogen) atoms. The summed E-state index contributed by atoms with van der Waals surface area (Å²) in [6.07, 6.45) is 2.54. The summed E-state index contributed by atoms with van der Waals surface area (Å²) in [5.74, 6) is -0.744. The zero-order chi connectivity index (χ0) is 10.4. The van der Waals surface area contributed by atoms with Crippen LogP contribution in [0.4, 0.5) is 0 Å². The van der Waals surface area contributed by atoms with Gasteiger partial charge in [0.1, 0.15) is 25.6 Å². The molecule has 0 spiro atoms. The second-order valence-electron chi connectivity index (χ2n) is 2.61. The lowest BCUT2D eigenvalue weighted by Crippen LogP contribution is -2.16. The molecule has 0 aliphatic carbocycles. The van der Waals surface area contributed by atoms with Crippen LogP contribution in [0.25, 0.3) is 0 Å². The Hall–Kier alpha value is -1.72. The Morgan fingerprint density at radius 2 is 2.29 bits per heavy atom. The van der Waals surface area contributed by atoms with Gasteiger partial charge in [0, 0.05) is 0 Å². The lowest BCUT2D eigenvalue weighted by molar-refractivity contribution is -0.145. The van der Waals surface area contributed by atoms with E-state index in [-0.39, 0.29) is 25.4 Å². The van der Waals surface area contributed by atoms with Crippen molar-refractivity contribution in [3.8, 4) is 0 Å². The van der Waals surface area contributed by atoms with E-state index in [2.05, 4.69) is 14.8 Å². The highest BCUT2D eigenvalue weighted by Gasteiger charge is 2.10. The second kappa shape index (κ2) is 5.11. The first-order chi connectivity index (χ1) is 6.72. The van der Waals surface area contributed by atoms with Gasteiger partial charge in [0.25, 0.3) is 0 Å². The van der Waals surface area contributed by atoms with E-state index in [1.54, 1.807) is 6.92 Å². The first kappa shape index (κ1) is 10.4. The first-order valence-electron chi connectivity index (χ1n) is 4.22. The number of esters is 1. The normalized spacial score (nSPS) is 9.79. The van der Waals surface area contributed by atoms with Gasteiger partial charge in [0.05, 0.1) is 6.61 Å². The van der Waals surface area contributed by atoms with Crippen LogP contribution < -0.4 is 0 Å². The maximum Gasteiger partial charge on any atom is 0.313 e. The fourth-order valence-corrected chi connectivity index (χ4v) is 0.924. The highest BCUT2D eigenvalue weighted by atomic mass is 16.5. The van der Waals surface area contributed by atoms with E-state index in [1.165, 1.54) is 17.3 Å². The third-order valence-electron chi connectivity index (χ3n) is 1.45. The van der Waals surface area contributed by atoms with E-state index < -0.39 is 5.97 Å². The first-order valence-corrected chi connectivity index (χ1v) is 4.22. The minimum atomic E-state index is -0.502. The van der Waals surface area contributed by atoms with Gasteiger partial charge in [-0.25, -0.2) is 9.67 Å². The van der Waals surface area contributed by atoms with Crippen LogP contribution in [0.1, 0.15) is 13.3 Å². The summed E-state index contributed by atoms with van der Waals surface area (Å²) in [4.78, 5) is 25.8. The molecule has 0 saturated heterocycles. The molecule has 1 heterocycles. The molecule has 0 aliphatic heterocycles. The summed E-state index contributed by atoms with van der Waals surface area (Å²) >= 11 is 0. The van der Waals surface area contributed by atoms with Crippen molar-refractivity contribution in [1.29, 1.82) is 0 Å². The van der Waals surface area contributed by atoms with Gasteiger partial charge in [0.15, 0.2) is 5.78 Å². The quantitative estimate of drug-likeness (QED) is 0.482. The smallest absolute Gasteiger partial charge is 0.313 e. The van der Waals surface area contributed by atoms with Crippen molar-refractivity contribution in [3.05, 3.63) is 12.7 Å². The zero-order valence-corrected chi connectivity index (χ0v) is 7.84. The van der Waals surface area contributed by atoms with Gasteiger partial charge in [0.2, 0.25) is 0 Å². The van der Waals surface area contributed by atoms with Crippen molar-refractivity contribution in [2.45, 2.75) is 19.9 Å². The van der Waals surface area contributed by atoms with Gasteiger partial charge < -0.3 is 4.74 Å². The lowest BCUT2D eigenvalue weighted by atomic mass is 10.3.